The lowest BCUT2D eigenvalue weighted by Crippen LogP contribution is -2.82. The largest absolute Gasteiger partial charge is 0.340 e. The van der Waals surface area contributed by atoms with Crippen molar-refractivity contribution >= 4 is 0 Å². The van der Waals surface area contributed by atoms with Crippen LogP contribution in [0.4, 0.5) is 0 Å². The Bertz CT molecular complexity index is 188. The molecule has 54 valence electrons. The highest BCUT2D eigenvalue weighted by atomic mass is 15.5. The Morgan fingerprint density at radius 1 is 1.60 bits per heavy atom. The molecule has 0 bridgehead atoms. The molecule has 0 aliphatic carbocycles. The molecule has 0 spiro atoms. The summed E-state index contributed by atoms with van der Waals surface area (Å²) in [6, 6.07) is 0.426. The first-order valence-electron chi connectivity index (χ1n) is 3.49. The van der Waals surface area contributed by atoms with Crippen LogP contribution in [0.3, 0.4) is 0 Å². The van der Waals surface area contributed by atoms with Gasteiger partial charge in [0.05, 0.1) is 12.4 Å². The van der Waals surface area contributed by atoms with Crippen molar-refractivity contribution in [3.63, 3.8) is 0 Å². The summed E-state index contributed by atoms with van der Waals surface area (Å²) in [7, 11) is 0. The summed E-state index contributed by atoms with van der Waals surface area (Å²) in [6.07, 6.45) is 2.41. The van der Waals surface area contributed by atoms with Gasteiger partial charge >= 0.3 is 0 Å². The normalized spacial score (nSPS) is 25.4. The molecule has 1 aromatic rings. The molecule has 1 atom stereocenters. The summed E-state index contributed by atoms with van der Waals surface area (Å²) >= 11 is 0. The molecule has 1 fully saturated rings. The summed E-state index contributed by atoms with van der Waals surface area (Å²) in [6.45, 7) is 1.18. The Hall–Kier alpha value is -0.970. The van der Waals surface area contributed by atoms with Crippen LogP contribution in [0.2, 0.25) is 0 Å². The number of hydrogen-bond donors (Lipinski definition) is 1. The van der Waals surface area contributed by atoms with Crippen molar-refractivity contribution in [2.45, 2.75) is 18.9 Å². The van der Waals surface area contributed by atoms with Crippen molar-refractivity contribution in [1.82, 2.24) is 20.6 Å². The lowest BCUT2D eigenvalue weighted by molar-refractivity contribution is -0.677. The number of nitrogens with two attached hydrogens (primary N) is 1. The number of rotatable bonds is 1. The van der Waals surface area contributed by atoms with E-state index in [4.69, 9.17) is 0 Å². The van der Waals surface area contributed by atoms with E-state index in [0.29, 0.717) is 6.04 Å². The van der Waals surface area contributed by atoms with E-state index in [1.54, 1.807) is 0 Å². The van der Waals surface area contributed by atoms with Crippen molar-refractivity contribution in [3.05, 3.63) is 5.82 Å². The Morgan fingerprint density at radius 3 is 3.20 bits per heavy atom. The molecule has 1 saturated heterocycles. The zero-order valence-corrected chi connectivity index (χ0v) is 5.56. The van der Waals surface area contributed by atoms with E-state index < -0.39 is 0 Å². The van der Waals surface area contributed by atoms with Crippen molar-refractivity contribution in [1.29, 1.82) is 0 Å². The van der Waals surface area contributed by atoms with Gasteiger partial charge in [-0.05, 0) is 0 Å². The average Bonchev–Trinajstić information content (AvgIpc) is 2.59. The Balaban J connectivity index is 2.12. The molecular weight excluding hydrogens is 130 g/mol. The first-order valence-corrected chi connectivity index (χ1v) is 3.49. The second-order valence-electron chi connectivity index (χ2n) is 2.51. The minimum absolute atomic E-state index is 0.426. The van der Waals surface area contributed by atoms with Crippen LogP contribution in [0, 0.1) is 0 Å². The van der Waals surface area contributed by atoms with Gasteiger partial charge < -0.3 is 10.4 Å². The molecule has 5 nitrogen and oxygen atoms in total. The molecule has 1 aliphatic rings. The predicted molar refractivity (Wildman–Crippen MR) is 31.9 cm³/mol. The maximum atomic E-state index is 3.79. The topological polar surface area (TPSA) is 69.4 Å². The molecule has 0 amide bonds. The Kier molecular flexibility index (Phi) is 1.35. The predicted octanol–water partition coefficient (Wildman–Crippen LogP) is -1.77. The fourth-order valence-electron chi connectivity index (χ4n) is 1.31. The van der Waals surface area contributed by atoms with Gasteiger partial charge in [0.1, 0.15) is 6.04 Å². The number of tetrazole rings is 1. The standard InChI is InChI=1S/C5H8N5/c1-2-4(6-3-1)5-7-9-10-8-5/h4,6H,1-3H2/q-1/p+1/t4-/m1/s1. The summed E-state index contributed by atoms with van der Waals surface area (Å²) in [5, 5.41) is 16.7. The van der Waals surface area contributed by atoms with E-state index in [-0.39, 0.29) is 0 Å². The van der Waals surface area contributed by atoms with Gasteiger partial charge in [-0.1, -0.05) is 0 Å². The van der Waals surface area contributed by atoms with Gasteiger partial charge in [-0.3, -0.25) is 10.3 Å². The van der Waals surface area contributed by atoms with Gasteiger partial charge in [-0.2, -0.15) is 5.21 Å². The Morgan fingerprint density at radius 2 is 2.60 bits per heavy atom. The van der Waals surface area contributed by atoms with Gasteiger partial charge in [0.2, 0.25) is 0 Å². The molecule has 2 heterocycles. The van der Waals surface area contributed by atoms with Crippen LogP contribution in [0.1, 0.15) is 24.7 Å². The highest BCUT2D eigenvalue weighted by molar-refractivity contribution is 4.83. The van der Waals surface area contributed by atoms with Crippen LogP contribution in [-0.4, -0.2) is 22.1 Å². The summed E-state index contributed by atoms with van der Waals surface area (Å²) < 4.78 is 0. The average molecular weight is 139 g/mol. The van der Waals surface area contributed by atoms with Gasteiger partial charge in [0.25, 0.3) is 0 Å². The maximum Gasteiger partial charge on any atom is 0.118 e. The summed E-state index contributed by atoms with van der Waals surface area (Å²) in [4.78, 5) is 0. The van der Waals surface area contributed by atoms with Crippen LogP contribution in [-0.2, 0) is 0 Å². The molecular formula is C5H9N5. The van der Waals surface area contributed by atoms with E-state index in [1.807, 2.05) is 0 Å². The Labute approximate surface area is 58.2 Å². The molecule has 10 heavy (non-hydrogen) atoms. The number of nitrogens with zero attached hydrogens (tertiary/aromatic N) is 4. The fourth-order valence-corrected chi connectivity index (χ4v) is 1.31. The van der Waals surface area contributed by atoms with Gasteiger partial charge in [0, 0.05) is 12.8 Å². The van der Waals surface area contributed by atoms with E-state index in [1.165, 1.54) is 13.0 Å². The van der Waals surface area contributed by atoms with E-state index in [2.05, 4.69) is 25.9 Å². The van der Waals surface area contributed by atoms with Crippen LogP contribution in [0.15, 0.2) is 0 Å². The van der Waals surface area contributed by atoms with E-state index >= 15 is 0 Å². The molecule has 2 rings (SSSR count). The number of quaternary nitrogens is 1. The lowest BCUT2D eigenvalue weighted by Gasteiger charge is -2.03. The third-order valence-electron chi connectivity index (χ3n) is 1.84. The van der Waals surface area contributed by atoms with Crippen LogP contribution >= 0.6 is 0 Å². The van der Waals surface area contributed by atoms with E-state index in [0.717, 1.165) is 12.2 Å². The minimum Gasteiger partial charge on any atom is -0.340 e. The second kappa shape index (κ2) is 2.34. The molecule has 0 unspecified atom stereocenters. The minimum atomic E-state index is 0.426. The van der Waals surface area contributed by atoms with Crippen LogP contribution in [0.5, 0.6) is 0 Å². The monoisotopic (exact) mass is 139 g/mol. The van der Waals surface area contributed by atoms with E-state index in [9.17, 15) is 0 Å². The highest BCUT2D eigenvalue weighted by Gasteiger charge is 2.18. The molecule has 0 aromatic carbocycles. The molecule has 1 aliphatic heterocycles. The SMILES string of the molecule is C1C[NH2+][C@@H](c2nnn[n-]2)C1. The van der Waals surface area contributed by atoms with Crippen molar-refractivity contribution in [3.8, 4) is 0 Å². The van der Waals surface area contributed by atoms with Crippen LogP contribution < -0.4 is 10.4 Å². The zero-order chi connectivity index (χ0) is 6.81. The first-order chi connectivity index (χ1) is 4.97. The number of hydrogen-bond acceptors (Lipinski definition) is 3. The third-order valence-corrected chi connectivity index (χ3v) is 1.84. The quantitative estimate of drug-likeness (QED) is 0.499. The molecule has 0 saturated carbocycles. The number of aromatic nitrogens is 4. The second-order valence-corrected chi connectivity index (χ2v) is 2.51. The lowest BCUT2D eigenvalue weighted by atomic mass is 10.2. The molecule has 5 heteroatoms. The van der Waals surface area contributed by atoms with Crippen LogP contribution in [0.25, 0.3) is 0 Å². The molecule has 0 radical (unpaired) electrons. The zero-order valence-electron chi connectivity index (χ0n) is 5.56. The van der Waals surface area contributed by atoms with Crippen molar-refractivity contribution in [2.24, 2.45) is 0 Å². The molecule has 2 N–H and O–H groups in total. The van der Waals surface area contributed by atoms with Crippen molar-refractivity contribution in [2.75, 3.05) is 6.54 Å². The highest BCUT2D eigenvalue weighted by Crippen LogP contribution is 2.10. The molecule has 1 aromatic heterocycles. The fraction of sp³-hybridized carbons (Fsp3) is 0.800. The third kappa shape index (κ3) is 0.881. The smallest absolute Gasteiger partial charge is 0.118 e. The van der Waals surface area contributed by atoms with Crippen molar-refractivity contribution < 1.29 is 5.32 Å². The van der Waals surface area contributed by atoms with Gasteiger partial charge in [0.15, 0.2) is 0 Å². The summed E-state index contributed by atoms with van der Waals surface area (Å²) in [5.41, 5.74) is 0. The maximum absolute atomic E-state index is 3.79. The van der Waals surface area contributed by atoms with Gasteiger partial charge in [-0.25, -0.2) is 0 Å². The van der Waals surface area contributed by atoms with Gasteiger partial charge in [-0.15, -0.1) is 0 Å². The first kappa shape index (κ1) is 5.79. The summed E-state index contributed by atoms with van der Waals surface area (Å²) in [5.74, 6) is 0.789.